The van der Waals surface area contributed by atoms with Crippen LogP contribution < -0.4 is 5.32 Å². The molecule has 0 unspecified atom stereocenters. The molecule has 0 spiro atoms. The van der Waals surface area contributed by atoms with Crippen molar-refractivity contribution in [3.8, 4) is 0 Å². The number of aliphatic hydroxyl groups is 1. The molecule has 5 nitrogen and oxygen atoms in total. The van der Waals surface area contributed by atoms with Crippen molar-refractivity contribution in [2.24, 2.45) is 0 Å². The van der Waals surface area contributed by atoms with Gasteiger partial charge in [0.1, 0.15) is 0 Å². The van der Waals surface area contributed by atoms with Gasteiger partial charge in [-0.05, 0) is 37.8 Å². The lowest BCUT2D eigenvalue weighted by Crippen LogP contribution is -2.56. The van der Waals surface area contributed by atoms with Gasteiger partial charge in [0.2, 0.25) is 0 Å². The monoisotopic (exact) mass is 352 g/mol. The summed E-state index contributed by atoms with van der Waals surface area (Å²) in [7, 11) is -2.91. The molecule has 0 aromatic heterocycles. The number of nitrogens with one attached hydrogen (secondary N) is 1. The van der Waals surface area contributed by atoms with Crippen molar-refractivity contribution in [3.63, 3.8) is 0 Å². The van der Waals surface area contributed by atoms with E-state index in [1.54, 1.807) is 0 Å². The van der Waals surface area contributed by atoms with Gasteiger partial charge in [0.15, 0.2) is 9.84 Å². The molecule has 2 aliphatic rings. The van der Waals surface area contributed by atoms with Crippen LogP contribution in [0.15, 0.2) is 24.3 Å². The molecule has 2 N–H and O–H groups in total. The molecular formula is C18H28N2O3S. The Labute approximate surface area is 145 Å². The van der Waals surface area contributed by atoms with Gasteiger partial charge in [-0.2, -0.15) is 0 Å². The van der Waals surface area contributed by atoms with Gasteiger partial charge >= 0.3 is 0 Å². The second kappa shape index (κ2) is 6.75. The van der Waals surface area contributed by atoms with Gasteiger partial charge in [0.05, 0.1) is 17.1 Å². The van der Waals surface area contributed by atoms with Crippen molar-refractivity contribution in [1.29, 1.82) is 0 Å². The van der Waals surface area contributed by atoms with E-state index in [4.69, 9.17) is 0 Å². The first-order chi connectivity index (χ1) is 11.2. The number of benzene rings is 1. The molecule has 24 heavy (non-hydrogen) atoms. The van der Waals surface area contributed by atoms with Gasteiger partial charge in [0.25, 0.3) is 0 Å². The normalized spacial score (nSPS) is 27.1. The van der Waals surface area contributed by atoms with E-state index in [9.17, 15) is 13.5 Å². The minimum absolute atomic E-state index is 0.0785. The second-order valence-corrected chi connectivity index (χ2v) is 9.96. The van der Waals surface area contributed by atoms with Crippen LogP contribution in [0.4, 0.5) is 0 Å². The van der Waals surface area contributed by atoms with Gasteiger partial charge in [-0.15, -0.1) is 0 Å². The van der Waals surface area contributed by atoms with Crippen LogP contribution in [0.2, 0.25) is 0 Å². The lowest BCUT2D eigenvalue weighted by atomic mass is 9.98. The van der Waals surface area contributed by atoms with Crippen molar-refractivity contribution < 1.29 is 13.5 Å². The summed E-state index contributed by atoms with van der Waals surface area (Å²) >= 11 is 0. The van der Waals surface area contributed by atoms with Gasteiger partial charge in [-0.3, -0.25) is 4.90 Å². The molecule has 1 aromatic rings. The average Bonchev–Trinajstić information content (AvgIpc) is 2.81. The summed E-state index contributed by atoms with van der Waals surface area (Å²) in [4.78, 5) is 2.30. The molecule has 3 rings (SSSR count). The van der Waals surface area contributed by atoms with Gasteiger partial charge < -0.3 is 10.4 Å². The number of fused-ring (bicyclic) bond motifs is 1. The van der Waals surface area contributed by atoms with Crippen LogP contribution in [0.3, 0.4) is 0 Å². The third-order valence-corrected chi connectivity index (χ3v) is 6.75. The summed E-state index contributed by atoms with van der Waals surface area (Å²) < 4.78 is 23.8. The predicted octanol–water partition coefficient (Wildman–Crippen LogP) is 0.961. The van der Waals surface area contributed by atoms with Gasteiger partial charge in [0, 0.05) is 31.7 Å². The number of hydrogen-bond acceptors (Lipinski definition) is 5. The van der Waals surface area contributed by atoms with E-state index < -0.39 is 15.4 Å². The Balaban J connectivity index is 1.61. The molecular weight excluding hydrogens is 324 g/mol. The number of piperazine rings is 1. The van der Waals surface area contributed by atoms with Crippen LogP contribution >= 0.6 is 0 Å². The van der Waals surface area contributed by atoms with Crippen LogP contribution in [-0.2, 0) is 22.8 Å². The van der Waals surface area contributed by atoms with Crippen LogP contribution in [0.1, 0.15) is 31.4 Å². The van der Waals surface area contributed by atoms with Crippen molar-refractivity contribution in [1.82, 2.24) is 10.2 Å². The molecule has 0 bridgehead atoms. The van der Waals surface area contributed by atoms with Crippen LogP contribution in [0, 0.1) is 0 Å². The summed E-state index contributed by atoms with van der Waals surface area (Å²) in [5.41, 5.74) is 1.80. The predicted molar refractivity (Wildman–Crippen MR) is 95.7 cm³/mol. The highest BCUT2D eigenvalue weighted by Crippen LogP contribution is 2.23. The Hall–Kier alpha value is -0.950. The molecule has 2 heterocycles. The fourth-order valence-electron chi connectivity index (χ4n) is 3.64. The molecule has 0 radical (unpaired) electrons. The highest BCUT2D eigenvalue weighted by atomic mass is 32.2. The Kier molecular flexibility index (Phi) is 5.02. The summed E-state index contributed by atoms with van der Waals surface area (Å²) in [6.45, 7) is 6.19. The first-order valence-electron chi connectivity index (χ1n) is 8.70. The standard InChI is InChI=1S/C18H28N2O3S/c1-18(2,21)8-7-14-3-5-15(6-4-14)11-20-10-9-19-16-12-24(22,23)13-17(16)20/h3-6,16-17,19,21H,7-13H2,1-2H3/t16-,17+/m0/s1. The SMILES string of the molecule is CC(C)(O)CCc1ccc(CN2CCN[C@H]3CS(=O)(=O)C[C@H]32)cc1. The smallest absolute Gasteiger partial charge is 0.153 e. The largest absolute Gasteiger partial charge is 0.390 e. The average molecular weight is 353 g/mol. The summed E-state index contributed by atoms with van der Waals surface area (Å²) in [6.07, 6.45) is 1.60. The molecule has 134 valence electrons. The maximum Gasteiger partial charge on any atom is 0.153 e. The molecule has 6 heteroatoms. The van der Waals surface area contributed by atoms with Gasteiger partial charge in [-0.1, -0.05) is 24.3 Å². The number of nitrogens with zero attached hydrogens (tertiary/aromatic N) is 1. The Morgan fingerprint density at radius 3 is 2.54 bits per heavy atom. The molecule has 0 amide bonds. The zero-order chi connectivity index (χ0) is 17.4. The van der Waals surface area contributed by atoms with Crippen LogP contribution in [0.5, 0.6) is 0 Å². The van der Waals surface area contributed by atoms with E-state index in [0.29, 0.717) is 0 Å². The lowest BCUT2D eigenvalue weighted by molar-refractivity contribution is 0.0714. The Morgan fingerprint density at radius 2 is 1.88 bits per heavy atom. The van der Waals surface area contributed by atoms with Crippen LogP contribution in [0.25, 0.3) is 0 Å². The fraction of sp³-hybridized carbons (Fsp3) is 0.667. The number of rotatable bonds is 5. The highest BCUT2D eigenvalue weighted by Gasteiger charge is 2.42. The quantitative estimate of drug-likeness (QED) is 0.826. The first kappa shape index (κ1) is 17.9. The third-order valence-electron chi connectivity index (χ3n) is 5.03. The zero-order valence-electron chi connectivity index (χ0n) is 14.5. The number of sulfone groups is 1. The minimum Gasteiger partial charge on any atom is -0.390 e. The van der Waals surface area contributed by atoms with E-state index in [-0.39, 0.29) is 23.6 Å². The minimum atomic E-state index is -2.91. The lowest BCUT2D eigenvalue weighted by Gasteiger charge is -2.37. The van der Waals surface area contributed by atoms with E-state index in [1.807, 2.05) is 13.8 Å². The summed E-state index contributed by atoms with van der Waals surface area (Å²) in [5, 5.41) is 13.2. The molecule has 2 aliphatic heterocycles. The van der Waals surface area contributed by atoms with Crippen molar-refractivity contribution in [2.45, 2.75) is 50.9 Å². The van der Waals surface area contributed by atoms with Crippen molar-refractivity contribution in [3.05, 3.63) is 35.4 Å². The van der Waals surface area contributed by atoms with Crippen molar-refractivity contribution in [2.75, 3.05) is 24.6 Å². The van der Waals surface area contributed by atoms with E-state index in [2.05, 4.69) is 34.5 Å². The molecule has 2 atom stereocenters. The highest BCUT2D eigenvalue weighted by molar-refractivity contribution is 7.91. The molecule has 0 saturated carbocycles. The van der Waals surface area contributed by atoms with Gasteiger partial charge in [-0.25, -0.2) is 8.42 Å². The molecule has 2 fully saturated rings. The first-order valence-corrected chi connectivity index (χ1v) is 10.5. The van der Waals surface area contributed by atoms with Crippen molar-refractivity contribution >= 4 is 9.84 Å². The second-order valence-electron chi connectivity index (χ2n) is 7.80. The van der Waals surface area contributed by atoms with E-state index in [1.165, 1.54) is 11.1 Å². The number of aryl methyl sites for hydroxylation is 1. The maximum atomic E-state index is 11.9. The Bertz CT molecular complexity index is 664. The molecule has 1 aromatic carbocycles. The number of hydrogen-bond donors (Lipinski definition) is 2. The Morgan fingerprint density at radius 1 is 1.21 bits per heavy atom. The zero-order valence-corrected chi connectivity index (χ0v) is 15.3. The summed E-state index contributed by atoms with van der Waals surface area (Å²) in [6, 6.07) is 8.66. The van der Waals surface area contributed by atoms with E-state index in [0.717, 1.165) is 32.5 Å². The molecule has 2 saturated heterocycles. The third kappa shape index (κ3) is 4.57. The van der Waals surface area contributed by atoms with Crippen LogP contribution in [-0.4, -0.2) is 60.7 Å². The van der Waals surface area contributed by atoms with E-state index >= 15 is 0 Å². The topological polar surface area (TPSA) is 69.6 Å². The fourth-order valence-corrected chi connectivity index (χ4v) is 5.62. The maximum absolute atomic E-state index is 11.9. The summed E-state index contributed by atoms with van der Waals surface area (Å²) in [5.74, 6) is 0.540. The molecule has 0 aliphatic carbocycles.